The second kappa shape index (κ2) is 2.94. The molecule has 0 aromatic carbocycles. The van der Waals surface area contributed by atoms with Gasteiger partial charge in [-0.3, -0.25) is 0 Å². The molecule has 3 heteroatoms. The fourth-order valence-electron chi connectivity index (χ4n) is 1.81. The van der Waals surface area contributed by atoms with Gasteiger partial charge in [0.05, 0.1) is 5.71 Å². The minimum absolute atomic E-state index is 0.150. The van der Waals surface area contributed by atoms with Crippen molar-refractivity contribution in [3.8, 4) is 0 Å². The SMILES string of the molecule is CC1=CC(C)=C2C=C(C(=O)O)N=C2C1. The summed E-state index contributed by atoms with van der Waals surface area (Å²) >= 11 is 0. The van der Waals surface area contributed by atoms with Crippen molar-refractivity contribution in [3.05, 3.63) is 34.6 Å². The summed E-state index contributed by atoms with van der Waals surface area (Å²) in [6.45, 7) is 4.01. The highest BCUT2D eigenvalue weighted by molar-refractivity contribution is 6.12. The Bertz CT molecular complexity index is 436. The van der Waals surface area contributed by atoms with E-state index in [4.69, 9.17) is 5.11 Å². The number of hydrogen-bond donors (Lipinski definition) is 1. The molecule has 0 fully saturated rings. The van der Waals surface area contributed by atoms with Gasteiger partial charge in [-0.25, -0.2) is 9.79 Å². The number of aliphatic carboxylic acids is 1. The Labute approximate surface area is 82.2 Å². The lowest BCUT2D eigenvalue weighted by atomic mass is 9.93. The summed E-state index contributed by atoms with van der Waals surface area (Å²) < 4.78 is 0. The van der Waals surface area contributed by atoms with Crippen LogP contribution in [0.1, 0.15) is 20.3 Å². The first kappa shape index (κ1) is 8.94. The van der Waals surface area contributed by atoms with Crippen LogP contribution in [0.15, 0.2) is 39.6 Å². The van der Waals surface area contributed by atoms with Crippen LogP contribution in [0.2, 0.25) is 0 Å². The molecule has 0 radical (unpaired) electrons. The first-order valence-corrected chi connectivity index (χ1v) is 4.49. The Balaban J connectivity index is 2.47. The van der Waals surface area contributed by atoms with E-state index in [1.807, 2.05) is 13.8 Å². The zero-order valence-electron chi connectivity index (χ0n) is 8.16. The molecule has 0 saturated carbocycles. The molecule has 1 heterocycles. The van der Waals surface area contributed by atoms with E-state index in [2.05, 4.69) is 11.1 Å². The molecule has 1 N–H and O–H groups in total. The molecule has 0 atom stereocenters. The highest BCUT2D eigenvalue weighted by Gasteiger charge is 2.22. The maximum absolute atomic E-state index is 10.7. The van der Waals surface area contributed by atoms with Crippen LogP contribution in [0, 0.1) is 0 Å². The van der Waals surface area contributed by atoms with Crippen molar-refractivity contribution in [2.45, 2.75) is 20.3 Å². The molecule has 0 aromatic rings. The van der Waals surface area contributed by atoms with Crippen LogP contribution in [-0.2, 0) is 4.79 Å². The maximum Gasteiger partial charge on any atom is 0.354 e. The molecule has 3 nitrogen and oxygen atoms in total. The predicted molar refractivity (Wildman–Crippen MR) is 54.2 cm³/mol. The van der Waals surface area contributed by atoms with Gasteiger partial charge in [-0.2, -0.15) is 0 Å². The van der Waals surface area contributed by atoms with E-state index in [0.29, 0.717) is 0 Å². The molecule has 14 heavy (non-hydrogen) atoms. The van der Waals surface area contributed by atoms with Crippen LogP contribution in [0.5, 0.6) is 0 Å². The highest BCUT2D eigenvalue weighted by atomic mass is 16.4. The summed E-state index contributed by atoms with van der Waals surface area (Å²) in [7, 11) is 0. The van der Waals surface area contributed by atoms with Crippen molar-refractivity contribution in [2.75, 3.05) is 0 Å². The van der Waals surface area contributed by atoms with E-state index >= 15 is 0 Å². The third-order valence-corrected chi connectivity index (χ3v) is 2.40. The average molecular weight is 189 g/mol. The van der Waals surface area contributed by atoms with Gasteiger partial charge in [-0.15, -0.1) is 0 Å². The normalized spacial score (nSPS) is 20.0. The summed E-state index contributed by atoms with van der Waals surface area (Å²) in [5.41, 5.74) is 4.35. The Morgan fingerprint density at radius 1 is 1.43 bits per heavy atom. The molecule has 1 aliphatic heterocycles. The first-order chi connectivity index (χ1) is 6.58. The minimum Gasteiger partial charge on any atom is -0.477 e. The number of allylic oxidation sites excluding steroid dienone is 5. The number of carboxylic acids is 1. The van der Waals surface area contributed by atoms with Crippen LogP contribution < -0.4 is 0 Å². The standard InChI is InChI=1S/C11H11NO2/c1-6-3-7(2)8-5-10(11(13)14)12-9(8)4-6/h3,5H,4H2,1-2H3,(H,13,14). The van der Waals surface area contributed by atoms with Crippen molar-refractivity contribution in [1.82, 2.24) is 0 Å². The van der Waals surface area contributed by atoms with Crippen LogP contribution in [0.25, 0.3) is 0 Å². The fourth-order valence-corrected chi connectivity index (χ4v) is 1.81. The van der Waals surface area contributed by atoms with Crippen LogP contribution in [0.4, 0.5) is 0 Å². The number of hydrogen-bond acceptors (Lipinski definition) is 2. The summed E-state index contributed by atoms with van der Waals surface area (Å²) in [5.74, 6) is -0.954. The molecule has 0 aromatic heterocycles. The number of rotatable bonds is 1. The zero-order chi connectivity index (χ0) is 10.3. The number of aliphatic imine (C=N–C) groups is 1. The van der Waals surface area contributed by atoms with Crippen molar-refractivity contribution in [1.29, 1.82) is 0 Å². The van der Waals surface area contributed by atoms with E-state index < -0.39 is 5.97 Å². The first-order valence-electron chi connectivity index (χ1n) is 4.49. The van der Waals surface area contributed by atoms with Crippen molar-refractivity contribution in [2.24, 2.45) is 4.99 Å². The van der Waals surface area contributed by atoms with E-state index in [1.54, 1.807) is 6.08 Å². The summed E-state index contributed by atoms with van der Waals surface area (Å²) in [4.78, 5) is 14.8. The van der Waals surface area contributed by atoms with E-state index in [0.717, 1.165) is 23.3 Å². The molecule has 0 bridgehead atoms. The molecule has 0 spiro atoms. The minimum atomic E-state index is -0.954. The van der Waals surface area contributed by atoms with Crippen LogP contribution in [-0.4, -0.2) is 16.8 Å². The largest absolute Gasteiger partial charge is 0.477 e. The number of carbonyl (C=O) groups is 1. The van der Waals surface area contributed by atoms with Gasteiger partial charge in [0.15, 0.2) is 0 Å². The predicted octanol–water partition coefficient (Wildman–Crippen LogP) is 2.08. The molecule has 0 amide bonds. The van der Waals surface area contributed by atoms with Gasteiger partial charge in [0, 0.05) is 12.0 Å². The Morgan fingerprint density at radius 3 is 2.79 bits per heavy atom. The molecular weight excluding hydrogens is 178 g/mol. The molecule has 0 unspecified atom stereocenters. The number of fused-ring (bicyclic) bond motifs is 1. The third kappa shape index (κ3) is 1.31. The lowest BCUT2D eigenvalue weighted by Gasteiger charge is -2.12. The van der Waals surface area contributed by atoms with Crippen molar-refractivity contribution >= 4 is 11.7 Å². The molecule has 1 aliphatic carbocycles. The molecular formula is C11H11NO2. The molecule has 2 aliphatic rings. The van der Waals surface area contributed by atoms with Crippen molar-refractivity contribution < 1.29 is 9.90 Å². The monoisotopic (exact) mass is 189 g/mol. The summed E-state index contributed by atoms with van der Waals surface area (Å²) in [5, 5.41) is 8.80. The zero-order valence-corrected chi connectivity index (χ0v) is 8.16. The van der Waals surface area contributed by atoms with E-state index in [-0.39, 0.29) is 5.70 Å². The molecule has 72 valence electrons. The average Bonchev–Trinajstić information content (AvgIpc) is 2.47. The maximum atomic E-state index is 10.7. The van der Waals surface area contributed by atoms with Gasteiger partial charge in [0.2, 0.25) is 0 Å². The quantitative estimate of drug-likeness (QED) is 0.686. The van der Waals surface area contributed by atoms with Crippen molar-refractivity contribution in [3.63, 3.8) is 0 Å². The lowest BCUT2D eigenvalue weighted by Crippen LogP contribution is -2.05. The summed E-state index contributed by atoms with van der Waals surface area (Å²) in [6.07, 6.45) is 4.49. The molecule has 2 rings (SSSR count). The van der Waals surface area contributed by atoms with E-state index in [9.17, 15) is 4.79 Å². The second-order valence-corrected chi connectivity index (χ2v) is 3.66. The van der Waals surface area contributed by atoms with E-state index in [1.165, 1.54) is 5.57 Å². The van der Waals surface area contributed by atoms with Gasteiger partial charge in [0.1, 0.15) is 5.70 Å². The van der Waals surface area contributed by atoms with Gasteiger partial charge in [-0.05, 0) is 25.5 Å². The second-order valence-electron chi connectivity index (χ2n) is 3.66. The van der Waals surface area contributed by atoms with Gasteiger partial charge < -0.3 is 5.11 Å². The highest BCUT2D eigenvalue weighted by Crippen LogP contribution is 2.28. The lowest BCUT2D eigenvalue weighted by molar-refractivity contribution is -0.132. The van der Waals surface area contributed by atoms with Crippen LogP contribution >= 0.6 is 0 Å². The topological polar surface area (TPSA) is 49.7 Å². The van der Waals surface area contributed by atoms with Gasteiger partial charge in [-0.1, -0.05) is 11.6 Å². The van der Waals surface area contributed by atoms with Gasteiger partial charge in [0.25, 0.3) is 0 Å². The smallest absolute Gasteiger partial charge is 0.354 e. The third-order valence-electron chi connectivity index (χ3n) is 2.40. The number of carboxylic acid groups (broad SMARTS) is 1. The van der Waals surface area contributed by atoms with Crippen LogP contribution in [0.3, 0.4) is 0 Å². The molecule has 0 saturated heterocycles. The van der Waals surface area contributed by atoms with Gasteiger partial charge >= 0.3 is 5.97 Å². The Kier molecular flexibility index (Phi) is 1.88. The Hall–Kier alpha value is -1.64. The number of nitrogens with zero attached hydrogens (tertiary/aromatic N) is 1. The Morgan fingerprint density at radius 2 is 2.14 bits per heavy atom. The fraction of sp³-hybridized carbons (Fsp3) is 0.273. The summed E-state index contributed by atoms with van der Waals surface area (Å²) in [6, 6.07) is 0.